The second kappa shape index (κ2) is 7.32. The van der Waals surface area contributed by atoms with Crippen molar-refractivity contribution in [1.82, 2.24) is 5.32 Å². The Hall–Kier alpha value is -2.99. The molecule has 6 heteroatoms. The minimum atomic E-state index is -0.516. The second-order valence-electron chi connectivity index (χ2n) is 6.86. The van der Waals surface area contributed by atoms with Crippen LogP contribution in [0.15, 0.2) is 54.6 Å². The molecule has 138 valence electrons. The van der Waals surface area contributed by atoms with Crippen LogP contribution in [0.4, 0.5) is 11.4 Å². The molecule has 2 heterocycles. The summed E-state index contributed by atoms with van der Waals surface area (Å²) >= 11 is 0. The van der Waals surface area contributed by atoms with Gasteiger partial charge in [-0.2, -0.15) is 0 Å². The number of para-hydroxylation sites is 1. The van der Waals surface area contributed by atoms with Gasteiger partial charge < -0.3 is 10.2 Å². The Bertz CT molecular complexity index is 864. The molecular weight excluding hydrogens is 342 g/mol. The molecule has 0 unspecified atom stereocenters. The topological polar surface area (TPSA) is 69.7 Å². The van der Waals surface area contributed by atoms with E-state index in [1.165, 1.54) is 4.90 Å². The van der Waals surface area contributed by atoms with Gasteiger partial charge in [-0.25, -0.2) is 4.90 Å². The summed E-state index contributed by atoms with van der Waals surface area (Å²) in [5, 5.41) is 3.18. The lowest BCUT2D eigenvalue weighted by Gasteiger charge is -2.17. The van der Waals surface area contributed by atoms with E-state index >= 15 is 0 Å². The molecular formula is C21H21N3O3. The normalized spacial score (nSPS) is 20.0. The summed E-state index contributed by atoms with van der Waals surface area (Å²) < 4.78 is 0. The molecule has 2 aromatic carbocycles. The van der Waals surface area contributed by atoms with Crippen LogP contribution in [-0.4, -0.2) is 30.3 Å². The number of amides is 3. The Kier molecular flexibility index (Phi) is 4.73. The molecule has 0 saturated carbocycles. The molecule has 27 heavy (non-hydrogen) atoms. The largest absolute Gasteiger partial charge is 0.312 e. The van der Waals surface area contributed by atoms with Gasteiger partial charge in [-0.05, 0) is 36.2 Å². The summed E-state index contributed by atoms with van der Waals surface area (Å²) in [6.07, 6.45) is 1.67. The number of hydrogen-bond donors (Lipinski definition) is 1. The Morgan fingerprint density at radius 3 is 2.30 bits per heavy atom. The quantitative estimate of drug-likeness (QED) is 0.827. The van der Waals surface area contributed by atoms with Crippen molar-refractivity contribution in [2.75, 3.05) is 16.3 Å². The molecule has 0 radical (unpaired) electrons. The van der Waals surface area contributed by atoms with E-state index in [1.54, 1.807) is 17.0 Å². The van der Waals surface area contributed by atoms with Gasteiger partial charge in [-0.15, -0.1) is 0 Å². The van der Waals surface area contributed by atoms with Crippen molar-refractivity contribution in [2.45, 2.75) is 31.8 Å². The molecule has 2 saturated heterocycles. The molecule has 1 N–H and O–H groups in total. The third-order valence-electron chi connectivity index (χ3n) is 5.04. The summed E-state index contributed by atoms with van der Waals surface area (Å²) in [5.41, 5.74) is 2.52. The monoisotopic (exact) mass is 363 g/mol. The lowest BCUT2D eigenvalue weighted by Crippen LogP contribution is -2.38. The van der Waals surface area contributed by atoms with Crippen molar-refractivity contribution in [3.8, 4) is 0 Å². The predicted molar refractivity (Wildman–Crippen MR) is 102 cm³/mol. The minimum Gasteiger partial charge on any atom is -0.312 e. The smallest absolute Gasteiger partial charge is 0.251 e. The van der Waals surface area contributed by atoms with Gasteiger partial charge in [0.15, 0.2) is 0 Å². The fourth-order valence-electron chi connectivity index (χ4n) is 3.60. The fourth-order valence-corrected chi connectivity index (χ4v) is 3.60. The molecule has 4 rings (SSSR count). The lowest BCUT2D eigenvalue weighted by atomic mass is 10.1. The maximum Gasteiger partial charge on any atom is 0.251 e. The van der Waals surface area contributed by atoms with Gasteiger partial charge in [0.25, 0.3) is 5.91 Å². The molecule has 0 aliphatic carbocycles. The van der Waals surface area contributed by atoms with E-state index in [-0.39, 0.29) is 24.1 Å². The zero-order valence-electron chi connectivity index (χ0n) is 14.9. The van der Waals surface area contributed by atoms with Crippen LogP contribution in [0.5, 0.6) is 0 Å². The summed E-state index contributed by atoms with van der Waals surface area (Å²) in [7, 11) is 0. The molecule has 2 fully saturated rings. The first-order chi connectivity index (χ1) is 13.1. The summed E-state index contributed by atoms with van der Waals surface area (Å²) in [6, 6.07) is 16.2. The van der Waals surface area contributed by atoms with E-state index in [0.29, 0.717) is 18.7 Å². The summed E-state index contributed by atoms with van der Waals surface area (Å²) in [5.74, 6) is -0.242. The van der Waals surface area contributed by atoms with E-state index in [1.807, 2.05) is 42.5 Å². The Morgan fingerprint density at radius 2 is 1.63 bits per heavy atom. The Balaban J connectivity index is 1.38. The fraction of sp³-hybridized carbons (Fsp3) is 0.286. The molecule has 6 nitrogen and oxygen atoms in total. The summed E-state index contributed by atoms with van der Waals surface area (Å²) in [6.45, 7) is 1.25. The number of nitrogens with zero attached hydrogens (tertiary/aromatic N) is 2. The number of nitrogens with one attached hydrogen (secondary N) is 1. The molecule has 0 bridgehead atoms. The van der Waals surface area contributed by atoms with E-state index in [2.05, 4.69) is 5.32 Å². The summed E-state index contributed by atoms with van der Waals surface area (Å²) in [4.78, 5) is 39.7. The maximum atomic E-state index is 12.6. The van der Waals surface area contributed by atoms with E-state index in [9.17, 15) is 14.4 Å². The molecule has 3 amide bonds. The van der Waals surface area contributed by atoms with Crippen LogP contribution < -0.4 is 15.1 Å². The SMILES string of the molecule is O=C1CCCN1c1ccc(CN[C@@H]2CC(=O)N(c3ccccc3)C2=O)cc1. The molecule has 0 aromatic heterocycles. The first-order valence-electron chi connectivity index (χ1n) is 9.18. The van der Waals surface area contributed by atoms with Gasteiger partial charge >= 0.3 is 0 Å². The zero-order chi connectivity index (χ0) is 18.8. The minimum absolute atomic E-state index is 0.161. The Labute approximate surface area is 157 Å². The van der Waals surface area contributed by atoms with Crippen molar-refractivity contribution in [3.05, 3.63) is 60.2 Å². The highest BCUT2D eigenvalue weighted by Gasteiger charge is 2.39. The van der Waals surface area contributed by atoms with Gasteiger partial charge in [0, 0.05) is 25.2 Å². The second-order valence-corrected chi connectivity index (χ2v) is 6.86. The lowest BCUT2D eigenvalue weighted by molar-refractivity contribution is -0.122. The number of benzene rings is 2. The van der Waals surface area contributed by atoms with Crippen LogP contribution in [0.1, 0.15) is 24.8 Å². The average molecular weight is 363 g/mol. The van der Waals surface area contributed by atoms with Gasteiger partial charge in [-0.1, -0.05) is 30.3 Å². The Morgan fingerprint density at radius 1 is 0.889 bits per heavy atom. The first kappa shape index (κ1) is 17.4. The van der Waals surface area contributed by atoms with Gasteiger partial charge in [-0.3, -0.25) is 14.4 Å². The molecule has 1 atom stereocenters. The standard InChI is InChI=1S/C21H21N3O3/c25-19-7-4-12-23(19)16-10-8-15(9-11-16)14-22-18-13-20(26)24(21(18)27)17-5-2-1-3-6-17/h1-3,5-6,8-11,18,22H,4,7,12-14H2/t18-/m1/s1. The van der Waals surface area contributed by atoms with E-state index in [0.717, 1.165) is 24.2 Å². The number of imide groups is 1. The number of rotatable bonds is 5. The zero-order valence-corrected chi connectivity index (χ0v) is 14.9. The van der Waals surface area contributed by atoms with E-state index in [4.69, 9.17) is 0 Å². The van der Waals surface area contributed by atoms with Gasteiger partial charge in [0.2, 0.25) is 11.8 Å². The molecule has 2 aliphatic rings. The number of hydrogen-bond acceptors (Lipinski definition) is 4. The highest BCUT2D eigenvalue weighted by Crippen LogP contribution is 2.24. The average Bonchev–Trinajstić information content (AvgIpc) is 3.24. The number of anilines is 2. The van der Waals surface area contributed by atoms with Crippen molar-refractivity contribution < 1.29 is 14.4 Å². The highest BCUT2D eigenvalue weighted by molar-refractivity contribution is 6.22. The number of carbonyl (C=O) groups is 3. The van der Waals surface area contributed by atoms with Crippen LogP contribution >= 0.6 is 0 Å². The van der Waals surface area contributed by atoms with Crippen LogP contribution in [0, 0.1) is 0 Å². The van der Waals surface area contributed by atoms with Crippen molar-refractivity contribution in [2.24, 2.45) is 0 Å². The van der Waals surface area contributed by atoms with Crippen LogP contribution in [-0.2, 0) is 20.9 Å². The molecule has 2 aromatic rings. The number of carbonyl (C=O) groups excluding carboxylic acids is 3. The highest BCUT2D eigenvalue weighted by atomic mass is 16.2. The van der Waals surface area contributed by atoms with Gasteiger partial charge in [0.05, 0.1) is 18.2 Å². The van der Waals surface area contributed by atoms with Crippen LogP contribution in [0.2, 0.25) is 0 Å². The predicted octanol–water partition coefficient (Wildman–Crippen LogP) is 2.24. The first-order valence-corrected chi connectivity index (χ1v) is 9.18. The molecule has 0 spiro atoms. The maximum absolute atomic E-state index is 12.6. The van der Waals surface area contributed by atoms with Crippen LogP contribution in [0.25, 0.3) is 0 Å². The third kappa shape index (κ3) is 3.48. The molecule has 2 aliphatic heterocycles. The van der Waals surface area contributed by atoms with Crippen molar-refractivity contribution >= 4 is 29.1 Å². The van der Waals surface area contributed by atoms with Crippen molar-refractivity contribution in [3.63, 3.8) is 0 Å². The van der Waals surface area contributed by atoms with Crippen molar-refractivity contribution in [1.29, 1.82) is 0 Å². The van der Waals surface area contributed by atoms with E-state index < -0.39 is 6.04 Å². The van der Waals surface area contributed by atoms with Gasteiger partial charge in [0.1, 0.15) is 0 Å². The third-order valence-corrected chi connectivity index (χ3v) is 5.04. The van der Waals surface area contributed by atoms with Crippen LogP contribution in [0.3, 0.4) is 0 Å².